The highest BCUT2D eigenvalue weighted by molar-refractivity contribution is 6.39. The molecule has 2 aromatic rings. The zero-order valence-corrected chi connectivity index (χ0v) is 16.5. The Morgan fingerprint density at radius 2 is 1.89 bits per heavy atom. The van der Waals surface area contributed by atoms with Crippen LogP contribution in [0, 0.1) is 6.92 Å². The summed E-state index contributed by atoms with van der Waals surface area (Å²) in [6.07, 6.45) is 3.92. The summed E-state index contributed by atoms with van der Waals surface area (Å²) in [7, 11) is 1.58. The van der Waals surface area contributed by atoms with Crippen molar-refractivity contribution in [3.05, 3.63) is 47.7 Å². The molecule has 2 N–H and O–H groups in total. The highest BCUT2D eigenvalue weighted by atomic mass is 16.5. The van der Waals surface area contributed by atoms with Crippen molar-refractivity contribution in [3.63, 3.8) is 0 Å². The van der Waals surface area contributed by atoms with Gasteiger partial charge in [0.2, 0.25) is 0 Å². The van der Waals surface area contributed by atoms with E-state index in [4.69, 9.17) is 4.74 Å². The van der Waals surface area contributed by atoms with E-state index in [0.29, 0.717) is 11.4 Å². The Morgan fingerprint density at radius 1 is 1.14 bits per heavy atom. The fourth-order valence-corrected chi connectivity index (χ4v) is 3.31. The predicted molar refractivity (Wildman–Crippen MR) is 109 cm³/mol. The quantitative estimate of drug-likeness (QED) is 0.777. The van der Waals surface area contributed by atoms with Crippen LogP contribution in [0.15, 0.2) is 36.5 Å². The number of nitrogens with zero attached hydrogens (tertiary/aromatic N) is 2. The van der Waals surface area contributed by atoms with Gasteiger partial charge in [-0.1, -0.05) is 17.7 Å². The van der Waals surface area contributed by atoms with Gasteiger partial charge in [-0.3, -0.25) is 9.59 Å². The van der Waals surface area contributed by atoms with Crippen LogP contribution >= 0.6 is 0 Å². The SMILES string of the molecule is COc1ccc(C)cc1C(C)NC(=O)C(=O)Nc1ccc(N2CCCC2)nc1. The second-order valence-electron chi connectivity index (χ2n) is 6.99. The Balaban J connectivity index is 1.60. The van der Waals surface area contributed by atoms with Gasteiger partial charge in [0.1, 0.15) is 11.6 Å². The topological polar surface area (TPSA) is 83.6 Å². The van der Waals surface area contributed by atoms with Gasteiger partial charge in [-0.2, -0.15) is 0 Å². The molecule has 1 aromatic carbocycles. The number of benzene rings is 1. The summed E-state index contributed by atoms with van der Waals surface area (Å²) >= 11 is 0. The van der Waals surface area contributed by atoms with Gasteiger partial charge in [-0.15, -0.1) is 0 Å². The molecule has 1 aromatic heterocycles. The molecule has 0 bridgehead atoms. The van der Waals surface area contributed by atoms with Crippen LogP contribution in [-0.2, 0) is 9.59 Å². The summed E-state index contributed by atoms with van der Waals surface area (Å²) < 4.78 is 5.35. The Bertz CT molecular complexity index is 845. The van der Waals surface area contributed by atoms with Crippen molar-refractivity contribution >= 4 is 23.3 Å². The molecule has 0 aliphatic carbocycles. The molecule has 7 nitrogen and oxygen atoms in total. The minimum absolute atomic E-state index is 0.372. The van der Waals surface area contributed by atoms with Crippen molar-refractivity contribution in [1.29, 1.82) is 0 Å². The zero-order chi connectivity index (χ0) is 20.1. The van der Waals surface area contributed by atoms with E-state index in [-0.39, 0.29) is 6.04 Å². The molecule has 0 spiro atoms. The largest absolute Gasteiger partial charge is 0.496 e. The van der Waals surface area contributed by atoms with Gasteiger partial charge in [0, 0.05) is 18.7 Å². The normalized spacial score (nSPS) is 14.5. The van der Waals surface area contributed by atoms with E-state index in [1.165, 1.54) is 12.8 Å². The Kier molecular flexibility index (Phi) is 6.13. The third-order valence-electron chi connectivity index (χ3n) is 4.84. The number of methoxy groups -OCH3 is 1. The third kappa shape index (κ3) is 4.60. The number of carbonyl (C=O) groups is 2. The van der Waals surface area contributed by atoms with Crippen molar-refractivity contribution in [2.75, 3.05) is 30.4 Å². The number of carbonyl (C=O) groups excluding carboxylic acids is 2. The van der Waals surface area contributed by atoms with Crippen LogP contribution in [0.4, 0.5) is 11.5 Å². The monoisotopic (exact) mass is 382 g/mol. The van der Waals surface area contributed by atoms with Crippen molar-refractivity contribution in [2.45, 2.75) is 32.7 Å². The number of rotatable bonds is 5. The lowest BCUT2D eigenvalue weighted by atomic mass is 10.0. The first-order valence-electron chi connectivity index (χ1n) is 9.45. The first-order valence-corrected chi connectivity index (χ1v) is 9.45. The zero-order valence-electron chi connectivity index (χ0n) is 16.5. The Hall–Kier alpha value is -3.09. The fraction of sp³-hybridized carbons (Fsp3) is 0.381. The van der Waals surface area contributed by atoms with Crippen molar-refractivity contribution in [1.82, 2.24) is 10.3 Å². The van der Waals surface area contributed by atoms with Crippen LogP contribution in [0.3, 0.4) is 0 Å². The molecule has 0 radical (unpaired) electrons. The van der Waals surface area contributed by atoms with Gasteiger partial charge >= 0.3 is 11.8 Å². The number of anilines is 2. The molecule has 1 fully saturated rings. The molecular formula is C21H26N4O3. The van der Waals surface area contributed by atoms with E-state index < -0.39 is 11.8 Å². The van der Waals surface area contributed by atoms with Gasteiger partial charge in [0.25, 0.3) is 0 Å². The minimum atomic E-state index is -0.728. The summed E-state index contributed by atoms with van der Waals surface area (Å²) in [6, 6.07) is 8.97. The highest BCUT2D eigenvalue weighted by Gasteiger charge is 2.20. The average molecular weight is 382 g/mol. The number of aryl methyl sites for hydroxylation is 1. The van der Waals surface area contributed by atoms with Crippen molar-refractivity contribution in [3.8, 4) is 5.75 Å². The van der Waals surface area contributed by atoms with E-state index in [2.05, 4.69) is 20.5 Å². The van der Waals surface area contributed by atoms with Gasteiger partial charge in [-0.05, 0) is 44.9 Å². The number of pyridine rings is 1. The maximum Gasteiger partial charge on any atom is 0.313 e. The molecule has 1 aliphatic heterocycles. The van der Waals surface area contributed by atoms with Gasteiger partial charge in [-0.25, -0.2) is 4.98 Å². The Morgan fingerprint density at radius 3 is 2.54 bits per heavy atom. The molecule has 1 unspecified atom stereocenters. The van der Waals surface area contributed by atoms with Crippen molar-refractivity contribution < 1.29 is 14.3 Å². The van der Waals surface area contributed by atoms with Crippen LogP contribution in [0.1, 0.15) is 36.9 Å². The second kappa shape index (κ2) is 8.73. The smallest absolute Gasteiger partial charge is 0.313 e. The molecule has 1 atom stereocenters. The Labute approximate surface area is 165 Å². The summed E-state index contributed by atoms with van der Waals surface area (Å²) in [6.45, 7) is 5.78. The average Bonchev–Trinajstić information content (AvgIpc) is 3.23. The number of nitrogens with one attached hydrogen (secondary N) is 2. The standard InChI is InChI=1S/C21H26N4O3/c1-14-6-8-18(28-3)17(12-14)15(2)23-20(26)21(27)24-16-7-9-19(22-13-16)25-10-4-5-11-25/h6-9,12-13,15H,4-5,10-11H2,1-3H3,(H,23,26)(H,24,27). The van der Waals surface area contributed by atoms with E-state index in [1.807, 2.05) is 38.1 Å². The summed E-state index contributed by atoms with van der Waals surface area (Å²) in [5, 5.41) is 5.31. The maximum absolute atomic E-state index is 12.3. The predicted octanol–water partition coefficient (Wildman–Crippen LogP) is 2.81. The number of hydrogen-bond acceptors (Lipinski definition) is 5. The van der Waals surface area contributed by atoms with Crippen LogP contribution in [0.2, 0.25) is 0 Å². The van der Waals surface area contributed by atoms with Crippen LogP contribution in [0.25, 0.3) is 0 Å². The lowest BCUT2D eigenvalue weighted by Crippen LogP contribution is -2.37. The molecule has 0 saturated carbocycles. The number of aromatic nitrogens is 1. The fourth-order valence-electron chi connectivity index (χ4n) is 3.31. The molecular weight excluding hydrogens is 356 g/mol. The van der Waals surface area contributed by atoms with Gasteiger partial charge in [0.05, 0.1) is 25.0 Å². The number of hydrogen-bond donors (Lipinski definition) is 2. The second-order valence-corrected chi connectivity index (χ2v) is 6.99. The first-order chi connectivity index (χ1) is 13.5. The van der Waals surface area contributed by atoms with E-state index >= 15 is 0 Å². The molecule has 3 rings (SSSR count). The van der Waals surface area contributed by atoms with E-state index in [1.54, 1.807) is 19.4 Å². The summed E-state index contributed by atoms with van der Waals surface area (Å²) in [4.78, 5) is 31.1. The number of ether oxygens (including phenoxy) is 1. The van der Waals surface area contributed by atoms with Crippen LogP contribution < -0.4 is 20.3 Å². The summed E-state index contributed by atoms with van der Waals surface area (Å²) in [5.41, 5.74) is 2.36. The minimum Gasteiger partial charge on any atom is -0.496 e. The van der Waals surface area contributed by atoms with Crippen LogP contribution in [0.5, 0.6) is 5.75 Å². The molecule has 2 amide bonds. The molecule has 1 saturated heterocycles. The van der Waals surface area contributed by atoms with Crippen LogP contribution in [-0.4, -0.2) is 37.0 Å². The number of amides is 2. The van der Waals surface area contributed by atoms with Crippen molar-refractivity contribution in [2.24, 2.45) is 0 Å². The van der Waals surface area contributed by atoms with Gasteiger partial charge < -0.3 is 20.3 Å². The third-order valence-corrected chi connectivity index (χ3v) is 4.84. The first kappa shape index (κ1) is 19.7. The summed E-state index contributed by atoms with van der Waals surface area (Å²) in [5.74, 6) is 0.120. The van der Waals surface area contributed by atoms with Gasteiger partial charge in [0.15, 0.2) is 0 Å². The highest BCUT2D eigenvalue weighted by Crippen LogP contribution is 2.26. The molecule has 28 heavy (non-hydrogen) atoms. The maximum atomic E-state index is 12.3. The van der Waals surface area contributed by atoms with E-state index in [9.17, 15) is 9.59 Å². The molecule has 148 valence electrons. The molecule has 1 aliphatic rings. The molecule has 2 heterocycles. The van der Waals surface area contributed by atoms with E-state index in [0.717, 1.165) is 30.0 Å². The lowest BCUT2D eigenvalue weighted by molar-refractivity contribution is -0.136. The molecule has 7 heteroatoms. The lowest BCUT2D eigenvalue weighted by Gasteiger charge is -2.18.